The summed E-state index contributed by atoms with van der Waals surface area (Å²) in [4.78, 5) is 17.2. The van der Waals surface area contributed by atoms with Gasteiger partial charge in [-0.05, 0) is 48.9 Å². The Balaban J connectivity index is 1.53. The number of aryl methyl sites for hydroxylation is 1. The average Bonchev–Trinajstić information content (AvgIpc) is 3.37. The molecule has 4 aromatic rings. The average molecular weight is 540 g/mol. The molecule has 15 heteroatoms. The molecule has 0 unspecified atom stereocenters. The summed E-state index contributed by atoms with van der Waals surface area (Å²) in [5.74, 6) is -0.895. The summed E-state index contributed by atoms with van der Waals surface area (Å²) in [5, 5.41) is 12.8. The molecule has 4 rings (SSSR count). The highest BCUT2D eigenvalue weighted by atomic mass is 32.2. The lowest BCUT2D eigenvalue weighted by molar-refractivity contribution is -0.274. The maximum absolute atomic E-state index is 12.9. The van der Waals surface area contributed by atoms with E-state index in [0.29, 0.717) is 28.2 Å². The van der Waals surface area contributed by atoms with Crippen molar-refractivity contribution < 1.29 is 30.9 Å². The molecule has 2 aromatic carbocycles. The van der Waals surface area contributed by atoms with Crippen molar-refractivity contribution in [1.29, 1.82) is 0 Å². The fraction of sp³-hybridized carbons (Fsp3) is 0.143. The predicted molar refractivity (Wildman–Crippen MR) is 125 cm³/mol. The Morgan fingerprint density at radius 2 is 1.78 bits per heavy atom. The van der Waals surface area contributed by atoms with Gasteiger partial charge in [-0.3, -0.25) is 14.4 Å². The first-order chi connectivity index (χ1) is 16.9. The van der Waals surface area contributed by atoms with Gasteiger partial charge in [0.15, 0.2) is 5.69 Å². The minimum atomic E-state index is -4.79. The quantitative estimate of drug-likeness (QED) is 0.241. The van der Waals surface area contributed by atoms with Gasteiger partial charge in [-0.1, -0.05) is 12.1 Å². The van der Waals surface area contributed by atoms with E-state index in [9.17, 15) is 26.4 Å². The Morgan fingerprint density at radius 3 is 2.39 bits per heavy atom. The molecular formula is C21H16F3N5O5S2. The van der Waals surface area contributed by atoms with Crippen LogP contribution >= 0.6 is 11.3 Å². The third kappa shape index (κ3) is 6.24. The van der Waals surface area contributed by atoms with Crippen LogP contribution in [0.3, 0.4) is 0 Å². The molecule has 0 saturated heterocycles. The van der Waals surface area contributed by atoms with Crippen molar-refractivity contribution in [2.24, 2.45) is 10.2 Å². The van der Waals surface area contributed by atoms with E-state index in [0.717, 1.165) is 11.3 Å². The Bertz CT molecular complexity index is 1570. The first kappa shape index (κ1) is 25.3. The summed E-state index contributed by atoms with van der Waals surface area (Å²) in [6.45, 7) is 1.62. The fourth-order valence-corrected chi connectivity index (χ4v) is 4.50. The van der Waals surface area contributed by atoms with Gasteiger partial charge in [0.25, 0.3) is 10.1 Å². The molecule has 2 N–H and O–H groups in total. The third-order valence-corrected chi connectivity index (χ3v) is 6.18. The summed E-state index contributed by atoms with van der Waals surface area (Å²) >= 11 is 1.14. The lowest BCUT2D eigenvalue weighted by Crippen LogP contribution is -2.16. The lowest BCUT2D eigenvalue weighted by Gasteiger charge is -2.08. The van der Waals surface area contributed by atoms with Crippen LogP contribution in [0.2, 0.25) is 0 Å². The topological polar surface area (TPSA) is 139 Å². The summed E-state index contributed by atoms with van der Waals surface area (Å²) in [5.41, 5.74) is 1.61. The minimum absolute atomic E-state index is 0.0300. The monoisotopic (exact) mass is 539 g/mol. The van der Waals surface area contributed by atoms with Gasteiger partial charge in [0.1, 0.15) is 11.5 Å². The molecule has 2 heterocycles. The van der Waals surface area contributed by atoms with E-state index in [1.54, 1.807) is 12.3 Å². The number of hydrogen-bond donors (Lipinski definition) is 2. The molecule has 0 atom stereocenters. The van der Waals surface area contributed by atoms with Crippen LogP contribution in [0.25, 0.3) is 16.4 Å². The van der Waals surface area contributed by atoms with Crippen LogP contribution in [0.4, 0.5) is 24.5 Å². The number of aromatic amines is 1. The molecule has 0 spiro atoms. The molecule has 0 bridgehead atoms. The molecule has 0 radical (unpaired) electrons. The van der Waals surface area contributed by atoms with Gasteiger partial charge in [0.2, 0.25) is 5.13 Å². The number of hydrogen-bond acceptors (Lipinski definition) is 8. The maximum Gasteiger partial charge on any atom is 0.573 e. The highest BCUT2D eigenvalue weighted by Gasteiger charge is 2.31. The van der Waals surface area contributed by atoms with Crippen molar-refractivity contribution in [2.75, 3.05) is 0 Å². The van der Waals surface area contributed by atoms with E-state index < -0.39 is 27.8 Å². The van der Waals surface area contributed by atoms with E-state index in [4.69, 9.17) is 4.55 Å². The second-order valence-corrected chi connectivity index (χ2v) is 9.70. The first-order valence-corrected chi connectivity index (χ1v) is 12.5. The normalized spacial score (nSPS) is 12.4. The second-order valence-electron chi connectivity index (χ2n) is 7.41. The molecule has 188 valence electrons. The molecule has 0 saturated carbocycles. The second kappa shape index (κ2) is 9.67. The van der Waals surface area contributed by atoms with Crippen LogP contribution in [0.15, 0.2) is 68.9 Å². The zero-order valence-corrected chi connectivity index (χ0v) is 19.9. The predicted octanol–water partition coefficient (Wildman–Crippen LogP) is 5.30. The van der Waals surface area contributed by atoms with E-state index in [1.807, 2.05) is 0 Å². The van der Waals surface area contributed by atoms with Crippen LogP contribution in [0, 0.1) is 6.92 Å². The van der Waals surface area contributed by atoms with E-state index in [-0.39, 0.29) is 16.6 Å². The van der Waals surface area contributed by atoms with E-state index in [1.165, 1.54) is 53.2 Å². The molecule has 0 aliphatic heterocycles. The number of thiazole rings is 1. The highest BCUT2D eigenvalue weighted by Crippen LogP contribution is 2.28. The molecule has 36 heavy (non-hydrogen) atoms. The molecule has 0 amide bonds. The first-order valence-electron chi connectivity index (χ1n) is 9.97. The summed E-state index contributed by atoms with van der Waals surface area (Å²) in [6.07, 6.45) is -4.79. The van der Waals surface area contributed by atoms with Gasteiger partial charge in [0.05, 0.1) is 17.1 Å². The van der Waals surface area contributed by atoms with Gasteiger partial charge in [-0.25, -0.2) is 4.98 Å². The van der Waals surface area contributed by atoms with Gasteiger partial charge in [-0.2, -0.15) is 18.2 Å². The molecule has 2 aromatic heterocycles. The fourth-order valence-electron chi connectivity index (χ4n) is 3.09. The van der Waals surface area contributed by atoms with Gasteiger partial charge >= 0.3 is 11.9 Å². The van der Waals surface area contributed by atoms with Crippen molar-refractivity contribution in [1.82, 2.24) is 14.8 Å². The number of aromatic nitrogens is 3. The zero-order chi connectivity index (χ0) is 26.1. The Labute approximate surface area is 205 Å². The summed E-state index contributed by atoms with van der Waals surface area (Å²) < 4.78 is 72.9. The largest absolute Gasteiger partial charge is 0.573 e. The van der Waals surface area contributed by atoms with Gasteiger partial charge < -0.3 is 4.74 Å². The van der Waals surface area contributed by atoms with Crippen LogP contribution in [0.1, 0.15) is 11.3 Å². The SMILES string of the molecule is Cc1[nH]n(-c2nc(-c3ccc(OC(F)(F)F)cc3)cs2)c(=O)c1N=Nc1ccc(CS(=O)(=O)O)cc1. The van der Waals surface area contributed by atoms with E-state index in [2.05, 4.69) is 25.0 Å². The zero-order valence-electron chi connectivity index (χ0n) is 18.2. The smallest absolute Gasteiger partial charge is 0.406 e. The molecule has 0 fully saturated rings. The molecular weight excluding hydrogens is 523 g/mol. The number of halogens is 3. The van der Waals surface area contributed by atoms with Crippen molar-refractivity contribution in [3.63, 3.8) is 0 Å². The Kier molecular flexibility index (Phi) is 6.79. The Morgan fingerprint density at radius 1 is 1.11 bits per heavy atom. The van der Waals surface area contributed by atoms with Crippen LogP contribution < -0.4 is 10.3 Å². The number of H-pyrrole nitrogens is 1. The number of ether oxygens (including phenoxy) is 1. The van der Waals surface area contributed by atoms with Crippen molar-refractivity contribution >= 4 is 32.8 Å². The van der Waals surface area contributed by atoms with Gasteiger partial charge in [0, 0.05) is 10.9 Å². The van der Waals surface area contributed by atoms with Crippen molar-refractivity contribution in [3.05, 3.63) is 75.5 Å². The number of rotatable bonds is 7. The molecule has 10 nitrogen and oxygen atoms in total. The maximum atomic E-state index is 12.9. The van der Waals surface area contributed by atoms with Gasteiger partial charge in [-0.15, -0.1) is 29.6 Å². The summed E-state index contributed by atoms with van der Waals surface area (Å²) in [7, 11) is -4.16. The third-order valence-electron chi connectivity index (χ3n) is 4.66. The van der Waals surface area contributed by atoms with Crippen molar-refractivity contribution in [3.8, 4) is 22.1 Å². The van der Waals surface area contributed by atoms with Crippen LogP contribution in [-0.2, 0) is 15.9 Å². The number of benzene rings is 2. The Hall–Kier alpha value is -3.82. The number of nitrogens with zero attached hydrogens (tertiary/aromatic N) is 4. The van der Waals surface area contributed by atoms with Crippen LogP contribution in [0.5, 0.6) is 5.75 Å². The highest BCUT2D eigenvalue weighted by molar-refractivity contribution is 7.85. The number of nitrogens with one attached hydrogen (secondary N) is 1. The minimum Gasteiger partial charge on any atom is -0.406 e. The van der Waals surface area contributed by atoms with Crippen molar-refractivity contribution in [2.45, 2.75) is 19.0 Å². The summed E-state index contributed by atoms with van der Waals surface area (Å²) in [6, 6.07) is 11.1. The van der Waals surface area contributed by atoms with Crippen LogP contribution in [-0.4, -0.2) is 34.1 Å². The molecule has 0 aliphatic rings. The number of azo groups is 1. The number of alkyl halides is 3. The van der Waals surface area contributed by atoms with E-state index >= 15 is 0 Å². The molecule has 0 aliphatic carbocycles. The standard InChI is InChI=1S/C21H16F3N5O5S2/c1-12-18(27-26-15-6-2-13(3-7-15)11-36(31,32)33)19(30)29(28-12)20-25-17(10-35-20)14-4-8-16(9-5-14)34-21(22,23)24/h2-10,28H,11H2,1H3,(H,31,32,33). The lowest BCUT2D eigenvalue weighted by atomic mass is 10.2.